The van der Waals surface area contributed by atoms with Crippen LogP contribution in [-0.4, -0.2) is 16.0 Å². The zero-order chi connectivity index (χ0) is 17.1. The first kappa shape index (κ1) is 16.7. The van der Waals surface area contributed by atoms with E-state index >= 15 is 0 Å². The first-order valence-electron chi connectivity index (χ1n) is 8.98. The van der Waals surface area contributed by atoms with Gasteiger partial charge in [-0.15, -0.1) is 0 Å². The van der Waals surface area contributed by atoms with Gasteiger partial charge in [-0.2, -0.15) is 4.98 Å². The van der Waals surface area contributed by atoms with Crippen molar-refractivity contribution < 1.29 is 0 Å². The second-order valence-corrected chi connectivity index (χ2v) is 7.09. The number of hydrogen-bond acceptors (Lipinski definition) is 4. The summed E-state index contributed by atoms with van der Waals surface area (Å²) in [5, 5.41) is 7.02. The van der Waals surface area contributed by atoms with Gasteiger partial charge in [0.15, 0.2) is 0 Å². The molecule has 2 N–H and O–H groups in total. The number of anilines is 3. The predicted molar refractivity (Wildman–Crippen MR) is 101 cm³/mol. The normalized spacial score (nSPS) is 15.3. The van der Waals surface area contributed by atoms with E-state index in [0.717, 1.165) is 22.8 Å². The molecule has 1 aliphatic rings. The van der Waals surface area contributed by atoms with E-state index in [4.69, 9.17) is 4.98 Å². The van der Waals surface area contributed by atoms with Crippen molar-refractivity contribution >= 4 is 17.5 Å². The minimum atomic E-state index is 0.542. The molecule has 0 bridgehead atoms. The molecule has 0 unspecified atom stereocenters. The number of nitrogens with one attached hydrogen (secondary N) is 2. The van der Waals surface area contributed by atoms with Crippen LogP contribution < -0.4 is 10.6 Å². The van der Waals surface area contributed by atoms with Gasteiger partial charge in [-0.3, -0.25) is 0 Å². The lowest BCUT2D eigenvalue weighted by Gasteiger charge is -2.24. The van der Waals surface area contributed by atoms with Gasteiger partial charge in [0, 0.05) is 23.0 Å². The van der Waals surface area contributed by atoms with Crippen molar-refractivity contribution in [3.05, 3.63) is 40.6 Å². The second-order valence-electron chi connectivity index (χ2n) is 7.09. The van der Waals surface area contributed by atoms with Crippen molar-refractivity contribution in [3.63, 3.8) is 0 Å². The van der Waals surface area contributed by atoms with E-state index in [1.807, 2.05) is 0 Å². The van der Waals surface area contributed by atoms with E-state index in [1.165, 1.54) is 43.2 Å². The van der Waals surface area contributed by atoms with Crippen molar-refractivity contribution in [1.29, 1.82) is 0 Å². The number of rotatable bonds is 4. The van der Waals surface area contributed by atoms with Gasteiger partial charge in [0.1, 0.15) is 5.82 Å². The molecule has 1 fully saturated rings. The molecule has 1 aromatic carbocycles. The van der Waals surface area contributed by atoms with Crippen LogP contribution in [0, 0.1) is 27.7 Å². The number of hydrogen-bond donors (Lipinski definition) is 2. The van der Waals surface area contributed by atoms with Crippen molar-refractivity contribution in [2.24, 2.45) is 0 Å². The molecule has 1 aliphatic carbocycles. The molecule has 0 atom stereocenters. The van der Waals surface area contributed by atoms with E-state index < -0.39 is 0 Å². The second kappa shape index (κ2) is 7.20. The third kappa shape index (κ3) is 4.05. The zero-order valence-electron chi connectivity index (χ0n) is 15.2. The van der Waals surface area contributed by atoms with Crippen LogP contribution in [0.1, 0.15) is 54.5 Å². The zero-order valence-corrected chi connectivity index (χ0v) is 15.2. The summed E-state index contributed by atoms with van der Waals surface area (Å²) in [7, 11) is 0. The Kier molecular flexibility index (Phi) is 5.03. The first-order chi connectivity index (χ1) is 11.5. The van der Waals surface area contributed by atoms with Crippen molar-refractivity contribution in [2.75, 3.05) is 10.6 Å². The molecule has 24 heavy (non-hydrogen) atoms. The van der Waals surface area contributed by atoms with Crippen LogP contribution in [0.15, 0.2) is 18.2 Å². The smallest absolute Gasteiger partial charge is 0.229 e. The fourth-order valence-corrected chi connectivity index (χ4v) is 3.44. The Bertz CT molecular complexity index is 698. The largest absolute Gasteiger partial charge is 0.367 e. The van der Waals surface area contributed by atoms with Gasteiger partial charge < -0.3 is 10.6 Å². The fraction of sp³-hybridized carbons (Fsp3) is 0.500. The lowest BCUT2D eigenvalue weighted by Crippen LogP contribution is -2.24. The molecule has 0 saturated heterocycles. The summed E-state index contributed by atoms with van der Waals surface area (Å²) in [5.41, 5.74) is 5.69. The van der Waals surface area contributed by atoms with Crippen molar-refractivity contribution in [1.82, 2.24) is 9.97 Å². The molecule has 3 rings (SSSR count). The summed E-state index contributed by atoms with van der Waals surface area (Å²) in [4.78, 5) is 9.37. The van der Waals surface area contributed by atoms with Crippen LogP contribution in [0.4, 0.5) is 17.5 Å². The molecule has 4 nitrogen and oxygen atoms in total. The quantitative estimate of drug-likeness (QED) is 0.811. The summed E-state index contributed by atoms with van der Waals surface area (Å²) in [6.07, 6.45) is 6.47. The molecule has 1 saturated carbocycles. The predicted octanol–water partition coefficient (Wildman–Crippen LogP) is 5.20. The Balaban J connectivity index is 1.83. The van der Waals surface area contributed by atoms with Gasteiger partial charge in [-0.25, -0.2) is 4.98 Å². The highest BCUT2D eigenvalue weighted by molar-refractivity contribution is 5.59. The van der Waals surface area contributed by atoms with Crippen LogP contribution in [0.3, 0.4) is 0 Å². The Morgan fingerprint density at radius 2 is 1.54 bits per heavy atom. The van der Waals surface area contributed by atoms with E-state index in [2.05, 4.69) is 61.5 Å². The van der Waals surface area contributed by atoms with Gasteiger partial charge in [-0.1, -0.05) is 25.3 Å². The molecular formula is C20H28N4. The Labute approximate surface area is 145 Å². The van der Waals surface area contributed by atoms with Crippen molar-refractivity contribution in [3.8, 4) is 0 Å². The highest BCUT2D eigenvalue weighted by Crippen LogP contribution is 2.25. The lowest BCUT2D eigenvalue weighted by molar-refractivity contribution is 0.461. The van der Waals surface area contributed by atoms with Gasteiger partial charge in [0.05, 0.1) is 0 Å². The van der Waals surface area contributed by atoms with Gasteiger partial charge in [0.2, 0.25) is 5.95 Å². The monoisotopic (exact) mass is 324 g/mol. The lowest BCUT2D eigenvalue weighted by atomic mass is 9.95. The van der Waals surface area contributed by atoms with Crippen LogP contribution in [-0.2, 0) is 0 Å². The summed E-state index contributed by atoms with van der Waals surface area (Å²) in [5.74, 6) is 1.64. The minimum Gasteiger partial charge on any atom is -0.367 e. The molecule has 0 radical (unpaired) electrons. The maximum absolute atomic E-state index is 4.75. The molecular weight excluding hydrogens is 296 g/mol. The van der Waals surface area contributed by atoms with Crippen LogP contribution >= 0.6 is 0 Å². The summed E-state index contributed by atoms with van der Waals surface area (Å²) >= 11 is 0. The third-order valence-corrected chi connectivity index (χ3v) is 4.81. The summed E-state index contributed by atoms with van der Waals surface area (Å²) in [6.45, 7) is 8.36. The maximum atomic E-state index is 4.75. The maximum Gasteiger partial charge on any atom is 0.229 e. The minimum absolute atomic E-state index is 0.542. The standard InChI is InChI=1S/C20H28N4/c1-13-10-14(2)12-18(11-13)23-20-21-16(4)15(3)19(24-20)22-17-8-6-5-7-9-17/h10-12,17H,5-9H2,1-4H3,(H2,21,22,23,24). The SMILES string of the molecule is Cc1cc(C)cc(Nc2nc(C)c(C)c(NC3CCCCC3)n2)c1. The fourth-order valence-electron chi connectivity index (χ4n) is 3.44. The van der Waals surface area contributed by atoms with Crippen LogP contribution in [0.25, 0.3) is 0 Å². The topological polar surface area (TPSA) is 49.8 Å². The summed E-state index contributed by atoms with van der Waals surface area (Å²) in [6, 6.07) is 6.96. The van der Waals surface area contributed by atoms with Gasteiger partial charge in [0.25, 0.3) is 0 Å². The van der Waals surface area contributed by atoms with E-state index in [1.54, 1.807) is 0 Å². The Morgan fingerprint density at radius 3 is 2.21 bits per heavy atom. The van der Waals surface area contributed by atoms with E-state index in [9.17, 15) is 0 Å². The molecule has 1 aromatic heterocycles. The van der Waals surface area contributed by atoms with Gasteiger partial charge in [-0.05, 0) is 63.8 Å². The van der Waals surface area contributed by atoms with E-state index in [0.29, 0.717) is 12.0 Å². The number of benzene rings is 1. The number of nitrogens with zero attached hydrogens (tertiary/aromatic N) is 2. The molecule has 0 amide bonds. The third-order valence-electron chi connectivity index (χ3n) is 4.81. The molecule has 4 heteroatoms. The average molecular weight is 324 g/mol. The molecule has 1 heterocycles. The van der Waals surface area contributed by atoms with E-state index in [-0.39, 0.29) is 0 Å². The molecule has 2 aromatic rings. The molecule has 128 valence electrons. The van der Waals surface area contributed by atoms with Gasteiger partial charge >= 0.3 is 0 Å². The van der Waals surface area contributed by atoms with Crippen LogP contribution in [0.5, 0.6) is 0 Å². The highest BCUT2D eigenvalue weighted by atomic mass is 15.2. The molecule has 0 spiro atoms. The Morgan fingerprint density at radius 1 is 0.875 bits per heavy atom. The number of aromatic nitrogens is 2. The number of aryl methyl sites for hydroxylation is 3. The summed E-state index contributed by atoms with van der Waals surface area (Å²) < 4.78 is 0. The Hall–Kier alpha value is -2.10. The average Bonchev–Trinajstić information content (AvgIpc) is 2.52. The van der Waals surface area contributed by atoms with Crippen molar-refractivity contribution in [2.45, 2.75) is 65.8 Å². The first-order valence-corrected chi connectivity index (χ1v) is 8.98. The van der Waals surface area contributed by atoms with Crippen LogP contribution in [0.2, 0.25) is 0 Å². The molecule has 0 aliphatic heterocycles. The highest BCUT2D eigenvalue weighted by Gasteiger charge is 2.16.